The normalized spacial score (nSPS) is 14.7. The standard InChI is InChI=1S/C22H11ClF3N5O4/c23-17-6-4-13(9-15(17)21(33)34)31-20(32)16(19(29-31)22(24,25)26)10-14-5-7-18(35-14)11-2-1-3-12(8-11)28-30-27/h1-10H,(H,33,34)/b16-10+. The van der Waals surface area contributed by atoms with E-state index in [2.05, 4.69) is 15.1 Å². The number of furan rings is 1. The van der Waals surface area contributed by atoms with E-state index in [0.29, 0.717) is 16.3 Å². The first-order valence-electron chi connectivity index (χ1n) is 9.59. The highest BCUT2D eigenvalue weighted by atomic mass is 35.5. The van der Waals surface area contributed by atoms with Crippen LogP contribution in [0.15, 0.2) is 74.8 Å². The number of hydrogen-bond acceptors (Lipinski definition) is 5. The first kappa shape index (κ1) is 23.6. The lowest BCUT2D eigenvalue weighted by Gasteiger charge is -2.12. The van der Waals surface area contributed by atoms with Crippen LogP contribution in [0.2, 0.25) is 5.02 Å². The second-order valence-corrected chi connectivity index (χ2v) is 7.44. The van der Waals surface area contributed by atoms with E-state index in [1.807, 2.05) is 0 Å². The third-order valence-corrected chi connectivity index (χ3v) is 5.11. The van der Waals surface area contributed by atoms with Crippen LogP contribution in [-0.4, -0.2) is 28.9 Å². The van der Waals surface area contributed by atoms with Crippen LogP contribution in [0.3, 0.4) is 0 Å². The number of halogens is 4. The molecule has 1 aliphatic rings. The van der Waals surface area contributed by atoms with Crippen LogP contribution in [0.4, 0.5) is 24.5 Å². The molecule has 1 amide bonds. The van der Waals surface area contributed by atoms with Crippen LogP contribution in [0, 0.1) is 0 Å². The first-order chi connectivity index (χ1) is 16.6. The molecule has 2 heterocycles. The molecule has 0 radical (unpaired) electrons. The van der Waals surface area contributed by atoms with Crippen molar-refractivity contribution in [3.8, 4) is 11.3 Å². The Labute approximate surface area is 199 Å². The smallest absolute Gasteiger partial charge is 0.435 e. The molecular formula is C22H11ClF3N5O4. The Hall–Kier alpha value is -4.54. The maximum Gasteiger partial charge on any atom is 0.435 e. The van der Waals surface area contributed by atoms with Gasteiger partial charge in [0.1, 0.15) is 11.5 Å². The van der Waals surface area contributed by atoms with Crippen LogP contribution in [-0.2, 0) is 4.79 Å². The minimum atomic E-state index is -4.99. The molecule has 0 bridgehead atoms. The number of carbonyl (C=O) groups is 2. The van der Waals surface area contributed by atoms with Crippen LogP contribution >= 0.6 is 11.6 Å². The molecular weight excluding hydrogens is 491 g/mol. The summed E-state index contributed by atoms with van der Waals surface area (Å²) >= 11 is 5.80. The second kappa shape index (κ2) is 9.01. The predicted molar refractivity (Wildman–Crippen MR) is 120 cm³/mol. The van der Waals surface area contributed by atoms with Gasteiger partial charge in [0.05, 0.1) is 21.8 Å². The fraction of sp³-hybridized carbons (Fsp3) is 0.0455. The van der Waals surface area contributed by atoms with Gasteiger partial charge in [-0.1, -0.05) is 34.9 Å². The molecule has 0 saturated carbocycles. The Kier molecular flexibility index (Phi) is 6.08. The van der Waals surface area contributed by atoms with E-state index in [-0.39, 0.29) is 22.2 Å². The Morgan fingerprint density at radius 1 is 1.20 bits per heavy atom. The van der Waals surface area contributed by atoms with Crippen LogP contribution < -0.4 is 5.01 Å². The van der Waals surface area contributed by atoms with E-state index in [1.165, 1.54) is 24.3 Å². The summed E-state index contributed by atoms with van der Waals surface area (Å²) in [5.41, 5.74) is 6.48. The number of anilines is 1. The van der Waals surface area contributed by atoms with Gasteiger partial charge in [0, 0.05) is 16.2 Å². The van der Waals surface area contributed by atoms with Crippen molar-refractivity contribution in [1.29, 1.82) is 0 Å². The summed E-state index contributed by atoms with van der Waals surface area (Å²) in [7, 11) is 0. The van der Waals surface area contributed by atoms with Crippen molar-refractivity contribution in [2.75, 3.05) is 5.01 Å². The van der Waals surface area contributed by atoms with Gasteiger partial charge in [0.15, 0.2) is 5.71 Å². The molecule has 1 aromatic heterocycles. The average Bonchev–Trinajstić information content (AvgIpc) is 3.40. The second-order valence-electron chi connectivity index (χ2n) is 7.03. The largest absolute Gasteiger partial charge is 0.478 e. The van der Waals surface area contributed by atoms with Gasteiger partial charge < -0.3 is 9.52 Å². The molecule has 1 aliphatic heterocycles. The molecule has 2 aromatic carbocycles. The van der Waals surface area contributed by atoms with Crippen molar-refractivity contribution in [2.45, 2.75) is 6.18 Å². The number of hydrogen-bond donors (Lipinski definition) is 1. The summed E-state index contributed by atoms with van der Waals surface area (Å²) in [6.07, 6.45) is -4.10. The number of carboxylic acid groups (broad SMARTS) is 1. The number of rotatable bonds is 5. The number of nitrogens with zero attached hydrogens (tertiary/aromatic N) is 5. The van der Waals surface area contributed by atoms with Gasteiger partial charge in [-0.05, 0) is 48.0 Å². The van der Waals surface area contributed by atoms with Crippen molar-refractivity contribution in [3.05, 3.63) is 87.0 Å². The lowest BCUT2D eigenvalue weighted by Crippen LogP contribution is -2.25. The maximum absolute atomic E-state index is 13.7. The minimum Gasteiger partial charge on any atom is -0.478 e. The van der Waals surface area contributed by atoms with Gasteiger partial charge in [0.25, 0.3) is 5.91 Å². The molecule has 13 heteroatoms. The number of azide groups is 1. The quantitative estimate of drug-likeness (QED) is 0.183. The summed E-state index contributed by atoms with van der Waals surface area (Å²) in [5, 5.41) is 16.4. The van der Waals surface area contributed by atoms with Gasteiger partial charge in [0.2, 0.25) is 0 Å². The highest BCUT2D eigenvalue weighted by Gasteiger charge is 2.47. The highest BCUT2D eigenvalue weighted by molar-refractivity contribution is 6.35. The molecule has 0 fully saturated rings. The topological polar surface area (TPSA) is 132 Å². The van der Waals surface area contributed by atoms with E-state index >= 15 is 0 Å². The molecule has 0 aliphatic carbocycles. The Morgan fingerprint density at radius 2 is 1.97 bits per heavy atom. The number of benzene rings is 2. The van der Waals surface area contributed by atoms with E-state index < -0.39 is 34.9 Å². The summed E-state index contributed by atoms with van der Waals surface area (Å²) < 4.78 is 46.7. The molecule has 0 saturated heterocycles. The molecule has 3 aromatic rings. The van der Waals surface area contributed by atoms with E-state index in [0.717, 1.165) is 18.2 Å². The van der Waals surface area contributed by atoms with Gasteiger partial charge >= 0.3 is 12.1 Å². The minimum absolute atomic E-state index is 0.0707. The summed E-state index contributed by atoms with van der Waals surface area (Å²) in [6, 6.07) is 12.4. The van der Waals surface area contributed by atoms with Gasteiger partial charge in [-0.3, -0.25) is 4.79 Å². The first-order valence-corrected chi connectivity index (χ1v) is 9.97. The number of carboxylic acids is 1. The van der Waals surface area contributed by atoms with Crippen molar-refractivity contribution in [2.24, 2.45) is 10.2 Å². The van der Waals surface area contributed by atoms with E-state index in [9.17, 15) is 27.9 Å². The maximum atomic E-state index is 13.7. The molecule has 9 nitrogen and oxygen atoms in total. The van der Waals surface area contributed by atoms with Crippen molar-refractivity contribution in [3.63, 3.8) is 0 Å². The van der Waals surface area contributed by atoms with Crippen LogP contribution in [0.1, 0.15) is 16.1 Å². The molecule has 1 N–H and O–H groups in total. The molecule has 35 heavy (non-hydrogen) atoms. The third kappa shape index (κ3) is 4.74. The Morgan fingerprint density at radius 3 is 2.66 bits per heavy atom. The van der Waals surface area contributed by atoms with E-state index in [1.54, 1.807) is 18.2 Å². The van der Waals surface area contributed by atoms with Gasteiger partial charge in [-0.2, -0.15) is 23.3 Å². The number of aromatic carboxylic acids is 1. The molecule has 0 atom stereocenters. The summed E-state index contributed by atoms with van der Waals surface area (Å²) in [4.78, 5) is 26.9. The zero-order valence-corrected chi connectivity index (χ0v) is 17.9. The lowest BCUT2D eigenvalue weighted by atomic mass is 10.1. The monoisotopic (exact) mass is 501 g/mol. The van der Waals surface area contributed by atoms with E-state index in [4.69, 9.17) is 21.5 Å². The van der Waals surface area contributed by atoms with Crippen LogP contribution in [0.25, 0.3) is 27.8 Å². The third-order valence-electron chi connectivity index (χ3n) is 4.78. The zero-order valence-electron chi connectivity index (χ0n) is 17.2. The van der Waals surface area contributed by atoms with Crippen molar-refractivity contribution >= 4 is 46.6 Å². The summed E-state index contributed by atoms with van der Waals surface area (Å²) in [5.74, 6) is -2.38. The highest BCUT2D eigenvalue weighted by Crippen LogP contribution is 2.35. The molecule has 176 valence electrons. The predicted octanol–water partition coefficient (Wildman–Crippen LogP) is 6.59. The van der Waals surface area contributed by atoms with Gasteiger partial charge in [-0.15, -0.1) is 0 Å². The van der Waals surface area contributed by atoms with Gasteiger partial charge in [-0.25, -0.2) is 4.79 Å². The number of hydrazone groups is 1. The molecule has 4 rings (SSSR count). The van der Waals surface area contributed by atoms with Crippen molar-refractivity contribution in [1.82, 2.24) is 0 Å². The molecule has 0 spiro atoms. The molecule has 0 unspecified atom stereocenters. The average molecular weight is 502 g/mol. The number of amides is 1. The van der Waals surface area contributed by atoms with Crippen LogP contribution in [0.5, 0.6) is 0 Å². The Bertz CT molecular complexity index is 1470. The zero-order chi connectivity index (χ0) is 25.3. The van der Waals surface area contributed by atoms with Crippen molar-refractivity contribution < 1.29 is 32.3 Å². The summed E-state index contributed by atoms with van der Waals surface area (Å²) in [6.45, 7) is 0. The lowest BCUT2D eigenvalue weighted by molar-refractivity contribution is -0.114. The Balaban J connectivity index is 1.73. The number of carbonyl (C=O) groups excluding carboxylic acids is 1. The number of alkyl halides is 3. The fourth-order valence-electron chi connectivity index (χ4n) is 3.24. The fourth-order valence-corrected chi connectivity index (χ4v) is 3.44. The SMILES string of the molecule is [N-]=[N+]=Nc1cccc(-c2ccc(/C=C3/C(=O)N(c4ccc(Cl)c(C(=O)O)c4)N=C3C(F)(F)F)o2)c1.